The Kier molecular flexibility index (Phi) is 4.72. The van der Waals surface area contributed by atoms with E-state index in [1.54, 1.807) is 0 Å². The van der Waals surface area contributed by atoms with Crippen LogP contribution in [0.5, 0.6) is 0 Å². The van der Waals surface area contributed by atoms with Crippen molar-refractivity contribution in [3.05, 3.63) is 70.8 Å². The number of hydrogen-bond acceptors (Lipinski definition) is 2. The molecule has 0 aliphatic carbocycles. The number of nitrogens with one attached hydrogen (secondary N) is 1. The topological polar surface area (TPSA) is 38.0 Å². The van der Waals surface area contributed by atoms with Crippen LogP contribution in [-0.4, -0.2) is 0 Å². The van der Waals surface area contributed by atoms with E-state index in [9.17, 15) is 0 Å². The van der Waals surface area contributed by atoms with Crippen LogP contribution in [-0.2, 0) is 6.42 Å². The summed E-state index contributed by atoms with van der Waals surface area (Å²) in [6.07, 6.45) is 2.03. The second-order valence-corrected chi connectivity index (χ2v) is 5.09. The highest BCUT2D eigenvalue weighted by Gasteiger charge is 2.10. The first kappa shape index (κ1) is 13.8. The van der Waals surface area contributed by atoms with Crippen molar-refractivity contribution in [2.75, 3.05) is 0 Å². The lowest BCUT2D eigenvalue weighted by molar-refractivity contribution is 0.516. The van der Waals surface area contributed by atoms with Crippen LogP contribution in [0.2, 0.25) is 0 Å². The van der Waals surface area contributed by atoms with E-state index >= 15 is 0 Å². The minimum atomic E-state index is 0.208. The normalized spacial score (nSPS) is 12.4. The predicted octanol–water partition coefficient (Wildman–Crippen LogP) is 3.44. The van der Waals surface area contributed by atoms with Gasteiger partial charge in [0, 0.05) is 6.04 Å². The van der Waals surface area contributed by atoms with Crippen LogP contribution in [0.25, 0.3) is 0 Å². The molecule has 0 heterocycles. The Hall–Kier alpha value is -1.64. The molecule has 2 nitrogen and oxygen atoms in total. The van der Waals surface area contributed by atoms with Crippen LogP contribution in [0.1, 0.15) is 34.7 Å². The fraction of sp³-hybridized carbons (Fsp3) is 0.294. The standard InChI is InChI=1S/C17H22N2/c1-13-8-10-16(12-14(13)2)17(19-18)11-9-15-6-4-3-5-7-15/h3-8,10,12,17,19H,9,11,18H2,1-2H3. The van der Waals surface area contributed by atoms with Gasteiger partial charge in [0.2, 0.25) is 0 Å². The highest BCUT2D eigenvalue weighted by molar-refractivity contribution is 5.31. The number of nitrogens with two attached hydrogens (primary N) is 1. The van der Waals surface area contributed by atoms with E-state index in [1.165, 1.54) is 22.3 Å². The first-order chi connectivity index (χ1) is 9.20. The van der Waals surface area contributed by atoms with Gasteiger partial charge in [-0.1, -0.05) is 48.5 Å². The molecule has 19 heavy (non-hydrogen) atoms. The van der Waals surface area contributed by atoms with Gasteiger partial charge in [0.25, 0.3) is 0 Å². The third kappa shape index (κ3) is 3.66. The third-order valence-corrected chi connectivity index (χ3v) is 3.70. The smallest absolute Gasteiger partial charge is 0.0463 e. The summed E-state index contributed by atoms with van der Waals surface area (Å²) in [7, 11) is 0. The maximum absolute atomic E-state index is 5.71. The summed E-state index contributed by atoms with van der Waals surface area (Å²) in [6.45, 7) is 4.28. The van der Waals surface area contributed by atoms with E-state index in [2.05, 4.69) is 61.7 Å². The summed E-state index contributed by atoms with van der Waals surface area (Å²) >= 11 is 0. The number of hydrogen-bond donors (Lipinski definition) is 2. The molecular weight excluding hydrogens is 232 g/mol. The van der Waals surface area contributed by atoms with Gasteiger partial charge in [0.1, 0.15) is 0 Å². The quantitative estimate of drug-likeness (QED) is 0.633. The largest absolute Gasteiger partial charge is 0.271 e. The molecule has 0 fully saturated rings. The fourth-order valence-electron chi connectivity index (χ4n) is 2.28. The molecule has 0 spiro atoms. The minimum Gasteiger partial charge on any atom is -0.271 e. The maximum atomic E-state index is 5.71. The van der Waals surface area contributed by atoms with Crippen LogP contribution in [0.4, 0.5) is 0 Å². The van der Waals surface area contributed by atoms with E-state index in [-0.39, 0.29) is 6.04 Å². The monoisotopic (exact) mass is 254 g/mol. The molecule has 100 valence electrons. The summed E-state index contributed by atoms with van der Waals surface area (Å²) in [5.74, 6) is 5.71. The minimum absolute atomic E-state index is 0.208. The lowest BCUT2D eigenvalue weighted by Gasteiger charge is -2.17. The van der Waals surface area contributed by atoms with Crippen LogP contribution in [0, 0.1) is 13.8 Å². The molecular formula is C17H22N2. The van der Waals surface area contributed by atoms with Crippen LogP contribution < -0.4 is 11.3 Å². The molecule has 0 amide bonds. The molecule has 0 aliphatic rings. The van der Waals surface area contributed by atoms with E-state index in [1.807, 2.05) is 6.07 Å². The summed E-state index contributed by atoms with van der Waals surface area (Å²) in [4.78, 5) is 0. The number of aryl methyl sites for hydroxylation is 3. The van der Waals surface area contributed by atoms with Crippen molar-refractivity contribution >= 4 is 0 Å². The van der Waals surface area contributed by atoms with Gasteiger partial charge in [0.05, 0.1) is 0 Å². The highest BCUT2D eigenvalue weighted by Crippen LogP contribution is 2.21. The van der Waals surface area contributed by atoms with Crippen molar-refractivity contribution < 1.29 is 0 Å². The lowest BCUT2D eigenvalue weighted by atomic mass is 9.96. The highest BCUT2D eigenvalue weighted by atomic mass is 15.2. The lowest BCUT2D eigenvalue weighted by Crippen LogP contribution is -2.28. The molecule has 0 saturated heterocycles. The third-order valence-electron chi connectivity index (χ3n) is 3.70. The Balaban J connectivity index is 2.05. The molecule has 2 heteroatoms. The SMILES string of the molecule is Cc1ccc(C(CCc2ccccc2)NN)cc1C. The number of hydrazine groups is 1. The average molecular weight is 254 g/mol. The maximum Gasteiger partial charge on any atom is 0.0463 e. The number of benzene rings is 2. The second-order valence-electron chi connectivity index (χ2n) is 5.09. The zero-order valence-electron chi connectivity index (χ0n) is 11.7. The second kappa shape index (κ2) is 6.50. The van der Waals surface area contributed by atoms with Gasteiger partial charge >= 0.3 is 0 Å². The summed E-state index contributed by atoms with van der Waals surface area (Å²) in [6, 6.07) is 17.3. The molecule has 3 N–H and O–H groups in total. The van der Waals surface area contributed by atoms with Crippen molar-refractivity contribution in [3.8, 4) is 0 Å². The molecule has 1 atom stereocenters. The summed E-state index contributed by atoms with van der Waals surface area (Å²) in [5, 5.41) is 0. The molecule has 1 unspecified atom stereocenters. The van der Waals surface area contributed by atoms with E-state index in [4.69, 9.17) is 5.84 Å². The zero-order chi connectivity index (χ0) is 13.7. The summed E-state index contributed by atoms with van der Waals surface area (Å²) in [5.41, 5.74) is 8.19. The summed E-state index contributed by atoms with van der Waals surface area (Å²) < 4.78 is 0. The van der Waals surface area contributed by atoms with Crippen LogP contribution in [0.3, 0.4) is 0 Å². The molecule has 0 bridgehead atoms. The van der Waals surface area contributed by atoms with Gasteiger partial charge < -0.3 is 0 Å². The first-order valence-corrected chi connectivity index (χ1v) is 6.78. The fourth-order valence-corrected chi connectivity index (χ4v) is 2.28. The number of rotatable bonds is 5. The molecule has 0 aliphatic heterocycles. The van der Waals surface area contributed by atoms with Crippen molar-refractivity contribution in [2.45, 2.75) is 32.7 Å². The van der Waals surface area contributed by atoms with Gasteiger partial charge in [-0.05, 0) is 48.9 Å². The van der Waals surface area contributed by atoms with Crippen molar-refractivity contribution in [3.63, 3.8) is 0 Å². The van der Waals surface area contributed by atoms with Crippen LogP contribution >= 0.6 is 0 Å². The van der Waals surface area contributed by atoms with Gasteiger partial charge in [-0.25, -0.2) is 0 Å². The van der Waals surface area contributed by atoms with Crippen molar-refractivity contribution in [1.29, 1.82) is 0 Å². The Morgan fingerprint density at radius 3 is 2.37 bits per heavy atom. The molecule has 0 aromatic heterocycles. The van der Waals surface area contributed by atoms with Crippen molar-refractivity contribution in [2.24, 2.45) is 5.84 Å². The first-order valence-electron chi connectivity index (χ1n) is 6.78. The Bertz CT molecular complexity index is 520. The van der Waals surface area contributed by atoms with Gasteiger partial charge in [-0.15, -0.1) is 0 Å². The van der Waals surface area contributed by atoms with E-state index < -0.39 is 0 Å². The predicted molar refractivity (Wildman–Crippen MR) is 80.7 cm³/mol. The van der Waals surface area contributed by atoms with E-state index in [0.29, 0.717) is 0 Å². The van der Waals surface area contributed by atoms with Crippen LogP contribution in [0.15, 0.2) is 48.5 Å². The van der Waals surface area contributed by atoms with Crippen molar-refractivity contribution in [1.82, 2.24) is 5.43 Å². The Morgan fingerprint density at radius 1 is 1.00 bits per heavy atom. The average Bonchev–Trinajstić information content (AvgIpc) is 2.44. The van der Waals surface area contributed by atoms with E-state index in [0.717, 1.165) is 12.8 Å². The molecule has 0 radical (unpaired) electrons. The molecule has 2 aromatic carbocycles. The molecule has 2 aromatic rings. The molecule has 2 rings (SSSR count). The Labute approximate surface area is 115 Å². The van der Waals surface area contributed by atoms with Gasteiger partial charge in [0.15, 0.2) is 0 Å². The van der Waals surface area contributed by atoms with Gasteiger partial charge in [-0.2, -0.15) is 0 Å². The Morgan fingerprint density at radius 2 is 1.74 bits per heavy atom. The molecule has 0 saturated carbocycles. The zero-order valence-corrected chi connectivity index (χ0v) is 11.7. The van der Waals surface area contributed by atoms with Gasteiger partial charge in [-0.3, -0.25) is 11.3 Å².